The van der Waals surface area contributed by atoms with E-state index in [4.69, 9.17) is 0 Å². The van der Waals surface area contributed by atoms with Crippen molar-refractivity contribution in [2.24, 2.45) is 5.92 Å². The molecule has 1 amide bonds. The molecule has 2 unspecified atom stereocenters. The lowest BCUT2D eigenvalue weighted by Crippen LogP contribution is -2.33. The molecular weight excluding hydrogens is 327 g/mol. The molecule has 0 spiro atoms. The molecule has 3 nitrogen and oxygen atoms in total. The monoisotopic (exact) mass is 348 g/mol. The van der Waals surface area contributed by atoms with Gasteiger partial charge < -0.3 is 4.90 Å². The molecule has 1 saturated carbocycles. The fraction of sp³-hybridized carbons (Fsp3) is 0.364. The number of likely N-dealkylation sites (N-methyl/N-ethyl adjacent to an activating group) is 1. The van der Waals surface area contributed by atoms with Crippen LogP contribution in [0.1, 0.15) is 48.4 Å². The highest BCUT2D eigenvalue weighted by Crippen LogP contribution is 2.44. The lowest BCUT2D eigenvalue weighted by molar-refractivity contribution is -0.128. The molecule has 0 radical (unpaired) electrons. The van der Waals surface area contributed by atoms with Crippen LogP contribution in [-0.4, -0.2) is 28.9 Å². The van der Waals surface area contributed by atoms with Gasteiger partial charge >= 0.3 is 0 Å². The Morgan fingerprint density at radius 3 is 2.69 bits per heavy atom. The second-order valence-corrected chi connectivity index (χ2v) is 7.17. The molecule has 26 heavy (non-hydrogen) atoms. The number of halogens is 1. The van der Waals surface area contributed by atoms with E-state index in [9.17, 15) is 9.18 Å². The number of nitrogens with zero attached hydrogens (tertiary/aromatic N) is 2. The average molecular weight is 348 g/mol. The Labute approximate surface area is 153 Å². The van der Waals surface area contributed by atoms with Gasteiger partial charge in [-0.25, -0.2) is 4.39 Å². The van der Waals surface area contributed by atoms with Crippen LogP contribution in [0.2, 0.25) is 0 Å². The third kappa shape index (κ3) is 3.10. The van der Waals surface area contributed by atoms with E-state index < -0.39 is 0 Å². The number of hydrogen-bond acceptors (Lipinski definition) is 2. The fourth-order valence-corrected chi connectivity index (χ4v) is 4.30. The van der Waals surface area contributed by atoms with E-state index in [0.29, 0.717) is 17.5 Å². The van der Waals surface area contributed by atoms with Gasteiger partial charge in [0, 0.05) is 30.4 Å². The standard InChI is InChI=1S/C22H21FN2O/c1-25-20-8-3-2-7-18(20)21(22(25)26)19-12-11-16(14-24-19)10-9-15-5-4-6-17(23)13-15/h4-6,11-14,18,20-21H,2-3,7-8H2,1H3/t18?,20?,21-/m1/s1. The third-order valence-corrected chi connectivity index (χ3v) is 5.60. The number of pyridine rings is 1. The van der Waals surface area contributed by atoms with Gasteiger partial charge in [-0.3, -0.25) is 9.78 Å². The van der Waals surface area contributed by atoms with Crippen LogP contribution < -0.4 is 0 Å². The number of hydrogen-bond donors (Lipinski definition) is 0. The molecule has 1 aliphatic heterocycles. The predicted molar refractivity (Wildman–Crippen MR) is 97.9 cm³/mol. The quantitative estimate of drug-likeness (QED) is 0.736. The summed E-state index contributed by atoms with van der Waals surface area (Å²) in [5, 5.41) is 0. The van der Waals surface area contributed by atoms with Crippen LogP contribution in [0.15, 0.2) is 42.6 Å². The number of amides is 1. The molecule has 1 aliphatic carbocycles. The summed E-state index contributed by atoms with van der Waals surface area (Å²) in [6.07, 6.45) is 6.30. The zero-order valence-electron chi connectivity index (χ0n) is 14.8. The van der Waals surface area contributed by atoms with E-state index in [1.165, 1.54) is 25.0 Å². The number of carbonyl (C=O) groups is 1. The van der Waals surface area contributed by atoms with E-state index >= 15 is 0 Å². The Morgan fingerprint density at radius 2 is 1.92 bits per heavy atom. The molecule has 1 aromatic heterocycles. The van der Waals surface area contributed by atoms with Crippen LogP contribution in [0.25, 0.3) is 0 Å². The Hall–Kier alpha value is -2.67. The molecule has 4 heteroatoms. The lowest BCUT2D eigenvalue weighted by atomic mass is 9.78. The van der Waals surface area contributed by atoms with Crippen molar-refractivity contribution < 1.29 is 9.18 Å². The normalized spacial score (nSPS) is 24.8. The first kappa shape index (κ1) is 16.8. The number of fused-ring (bicyclic) bond motifs is 1. The molecule has 3 atom stereocenters. The van der Waals surface area contributed by atoms with E-state index in [1.54, 1.807) is 18.3 Å². The molecule has 2 fully saturated rings. The number of rotatable bonds is 1. The highest BCUT2D eigenvalue weighted by molar-refractivity contribution is 5.86. The first-order chi connectivity index (χ1) is 12.6. The molecule has 1 saturated heterocycles. The van der Waals surface area contributed by atoms with Gasteiger partial charge in [-0.15, -0.1) is 0 Å². The number of likely N-dealkylation sites (tertiary alicyclic amines) is 1. The van der Waals surface area contributed by atoms with Crippen LogP contribution in [-0.2, 0) is 4.79 Å². The first-order valence-electron chi connectivity index (χ1n) is 9.14. The molecule has 0 bridgehead atoms. The summed E-state index contributed by atoms with van der Waals surface area (Å²) in [4.78, 5) is 19.2. The Balaban J connectivity index is 1.56. The van der Waals surface area contributed by atoms with Gasteiger partial charge in [0.25, 0.3) is 0 Å². The second kappa shape index (κ2) is 6.92. The van der Waals surface area contributed by atoms with E-state index in [1.807, 2.05) is 24.1 Å². The molecule has 2 aromatic rings. The molecule has 2 heterocycles. The molecular formula is C22H21FN2O. The van der Waals surface area contributed by atoms with Crippen LogP contribution in [0.3, 0.4) is 0 Å². The van der Waals surface area contributed by atoms with E-state index in [-0.39, 0.29) is 17.6 Å². The smallest absolute Gasteiger partial charge is 0.232 e. The van der Waals surface area contributed by atoms with Gasteiger partial charge in [-0.05, 0) is 49.1 Å². The van der Waals surface area contributed by atoms with Crippen molar-refractivity contribution in [3.05, 3.63) is 65.2 Å². The van der Waals surface area contributed by atoms with Crippen molar-refractivity contribution in [1.82, 2.24) is 9.88 Å². The maximum Gasteiger partial charge on any atom is 0.232 e. The summed E-state index contributed by atoms with van der Waals surface area (Å²) < 4.78 is 13.2. The Kier molecular flexibility index (Phi) is 4.46. The summed E-state index contributed by atoms with van der Waals surface area (Å²) in [6.45, 7) is 0. The minimum atomic E-state index is -0.295. The van der Waals surface area contributed by atoms with Crippen molar-refractivity contribution in [3.8, 4) is 11.8 Å². The molecule has 1 aromatic carbocycles. The van der Waals surface area contributed by atoms with Gasteiger partial charge in [-0.2, -0.15) is 0 Å². The number of aromatic nitrogens is 1. The zero-order valence-corrected chi connectivity index (χ0v) is 14.8. The second-order valence-electron chi connectivity index (χ2n) is 7.17. The van der Waals surface area contributed by atoms with Crippen LogP contribution in [0, 0.1) is 23.6 Å². The number of benzene rings is 1. The highest BCUT2D eigenvalue weighted by Gasteiger charge is 2.48. The molecule has 4 rings (SSSR count). The summed E-state index contributed by atoms with van der Waals surface area (Å²) >= 11 is 0. The zero-order chi connectivity index (χ0) is 18.1. The van der Waals surface area contributed by atoms with Gasteiger partial charge in [-0.1, -0.05) is 30.7 Å². The summed E-state index contributed by atoms with van der Waals surface area (Å²) in [7, 11) is 1.92. The molecule has 0 N–H and O–H groups in total. The maximum atomic E-state index is 13.2. The van der Waals surface area contributed by atoms with Crippen molar-refractivity contribution in [2.45, 2.75) is 37.6 Å². The van der Waals surface area contributed by atoms with Crippen molar-refractivity contribution in [2.75, 3.05) is 7.05 Å². The fourth-order valence-electron chi connectivity index (χ4n) is 4.30. The van der Waals surface area contributed by atoms with Crippen LogP contribution in [0.5, 0.6) is 0 Å². The largest absolute Gasteiger partial charge is 0.342 e. The summed E-state index contributed by atoms with van der Waals surface area (Å²) in [6, 6.07) is 10.4. The minimum absolute atomic E-state index is 0.129. The first-order valence-corrected chi connectivity index (χ1v) is 9.14. The predicted octanol–water partition coefficient (Wildman–Crippen LogP) is 3.73. The van der Waals surface area contributed by atoms with Gasteiger partial charge in [0.15, 0.2) is 0 Å². The Morgan fingerprint density at radius 1 is 1.12 bits per heavy atom. The van der Waals surface area contributed by atoms with Gasteiger partial charge in [0.05, 0.1) is 11.6 Å². The van der Waals surface area contributed by atoms with Gasteiger partial charge in [0.1, 0.15) is 5.82 Å². The minimum Gasteiger partial charge on any atom is -0.342 e. The van der Waals surface area contributed by atoms with Crippen molar-refractivity contribution in [3.63, 3.8) is 0 Å². The van der Waals surface area contributed by atoms with E-state index in [2.05, 4.69) is 16.8 Å². The SMILES string of the molecule is CN1C(=O)[C@@H](c2ccc(C#Cc3cccc(F)c3)cn2)C2CCCCC21. The van der Waals surface area contributed by atoms with Crippen LogP contribution in [0.4, 0.5) is 4.39 Å². The van der Waals surface area contributed by atoms with E-state index in [0.717, 1.165) is 24.1 Å². The summed E-state index contributed by atoms with van der Waals surface area (Å²) in [5.74, 6) is 6.09. The topological polar surface area (TPSA) is 33.2 Å². The molecule has 2 aliphatic rings. The Bertz CT molecular complexity index is 881. The molecule has 132 valence electrons. The summed E-state index contributed by atoms with van der Waals surface area (Å²) in [5.41, 5.74) is 2.23. The number of carbonyl (C=O) groups excluding carboxylic acids is 1. The van der Waals surface area contributed by atoms with Crippen molar-refractivity contribution >= 4 is 5.91 Å². The maximum absolute atomic E-state index is 13.2. The highest BCUT2D eigenvalue weighted by atomic mass is 19.1. The lowest BCUT2D eigenvalue weighted by Gasteiger charge is -2.29. The van der Waals surface area contributed by atoms with Crippen molar-refractivity contribution in [1.29, 1.82) is 0 Å². The third-order valence-electron chi connectivity index (χ3n) is 5.60. The van der Waals surface area contributed by atoms with Crippen LogP contribution >= 0.6 is 0 Å². The average Bonchev–Trinajstić information content (AvgIpc) is 2.92. The van der Waals surface area contributed by atoms with Gasteiger partial charge in [0.2, 0.25) is 5.91 Å².